The maximum absolute atomic E-state index is 13.0. The second kappa shape index (κ2) is 6.24. The number of carbonyl (C=O) groups excluding carboxylic acids is 1. The molecule has 0 heterocycles. The summed E-state index contributed by atoms with van der Waals surface area (Å²) in [6.45, 7) is 0. The van der Waals surface area contributed by atoms with Crippen LogP contribution in [0, 0.1) is 5.82 Å². The topological polar surface area (TPSA) is 55.1 Å². The zero-order valence-electron chi connectivity index (χ0n) is 10.1. The molecule has 0 bridgehead atoms. The molecule has 19 heavy (non-hydrogen) atoms. The van der Waals surface area contributed by atoms with Gasteiger partial charge in [-0.3, -0.25) is 4.79 Å². The van der Waals surface area contributed by atoms with Crippen LogP contribution in [0.15, 0.2) is 53.4 Å². The lowest BCUT2D eigenvalue weighted by Crippen LogP contribution is -2.14. The van der Waals surface area contributed by atoms with Crippen LogP contribution >= 0.6 is 11.8 Å². The average molecular weight is 276 g/mol. The summed E-state index contributed by atoms with van der Waals surface area (Å²) in [6, 6.07) is 13.1. The van der Waals surface area contributed by atoms with Gasteiger partial charge in [-0.15, -0.1) is 11.8 Å². The van der Waals surface area contributed by atoms with Crippen molar-refractivity contribution >= 4 is 29.0 Å². The van der Waals surface area contributed by atoms with Crippen molar-refractivity contribution in [3.05, 3.63) is 54.3 Å². The van der Waals surface area contributed by atoms with Crippen molar-refractivity contribution in [3.8, 4) is 0 Å². The number of benzene rings is 2. The minimum Gasteiger partial charge on any atom is -0.399 e. The van der Waals surface area contributed by atoms with Gasteiger partial charge in [-0.05, 0) is 36.4 Å². The SMILES string of the molecule is Nc1cccc(NC(=O)CSc2cccc(F)c2)c1. The predicted molar refractivity (Wildman–Crippen MR) is 76.6 cm³/mol. The molecule has 0 fully saturated rings. The number of nitrogens with one attached hydrogen (secondary N) is 1. The van der Waals surface area contributed by atoms with Crippen LogP contribution in [0.25, 0.3) is 0 Å². The second-order valence-corrected chi connectivity index (χ2v) is 4.97. The Kier molecular flexibility index (Phi) is 4.41. The third kappa shape index (κ3) is 4.30. The average Bonchev–Trinajstić information content (AvgIpc) is 2.36. The summed E-state index contributed by atoms with van der Waals surface area (Å²) in [7, 11) is 0. The number of nitrogens with two attached hydrogens (primary N) is 1. The molecule has 0 aliphatic carbocycles. The van der Waals surface area contributed by atoms with E-state index in [9.17, 15) is 9.18 Å². The fraction of sp³-hybridized carbons (Fsp3) is 0.0714. The first-order chi connectivity index (χ1) is 9.13. The molecule has 3 nitrogen and oxygen atoms in total. The van der Waals surface area contributed by atoms with Crippen molar-refractivity contribution in [3.63, 3.8) is 0 Å². The van der Waals surface area contributed by atoms with Crippen LogP contribution in [-0.2, 0) is 4.79 Å². The van der Waals surface area contributed by atoms with E-state index >= 15 is 0 Å². The first-order valence-corrected chi connectivity index (χ1v) is 6.66. The lowest BCUT2D eigenvalue weighted by Gasteiger charge is -2.06. The summed E-state index contributed by atoms with van der Waals surface area (Å²) in [5, 5.41) is 2.73. The Balaban J connectivity index is 1.88. The van der Waals surface area contributed by atoms with Crippen LogP contribution in [0.5, 0.6) is 0 Å². The highest BCUT2D eigenvalue weighted by Gasteiger charge is 2.04. The van der Waals surface area contributed by atoms with E-state index in [2.05, 4.69) is 5.32 Å². The zero-order chi connectivity index (χ0) is 13.7. The molecule has 1 amide bonds. The number of amides is 1. The Hall–Kier alpha value is -2.01. The number of carbonyl (C=O) groups is 1. The van der Waals surface area contributed by atoms with E-state index in [1.54, 1.807) is 36.4 Å². The minimum atomic E-state index is -0.304. The number of rotatable bonds is 4. The monoisotopic (exact) mass is 276 g/mol. The molecule has 2 aromatic carbocycles. The predicted octanol–water partition coefficient (Wildman–Crippen LogP) is 3.14. The Morgan fingerprint density at radius 1 is 1.21 bits per heavy atom. The van der Waals surface area contributed by atoms with Gasteiger partial charge in [0.2, 0.25) is 5.91 Å². The Morgan fingerprint density at radius 2 is 2.00 bits per heavy atom. The third-order valence-electron chi connectivity index (χ3n) is 2.34. The molecule has 0 aromatic heterocycles. The molecule has 0 radical (unpaired) electrons. The van der Waals surface area contributed by atoms with Crippen LogP contribution < -0.4 is 11.1 Å². The number of hydrogen-bond donors (Lipinski definition) is 2. The zero-order valence-corrected chi connectivity index (χ0v) is 10.9. The normalized spacial score (nSPS) is 10.2. The number of anilines is 2. The van der Waals surface area contributed by atoms with Crippen LogP contribution in [0.4, 0.5) is 15.8 Å². The highest BCUT2D eigenvalue weighted by molar-refractivity contribution is 8.00. The van der Waals surface area contributed by atoms with Crippen molar-refractivity contribution in [2.24, 2.45) is 0 Å². The van der Waals surface area contributed by atoms with Crippen LogP contribution in [-0.4, -0.2) is 11.7 Å². The Morgan fingerprint density at radius 3 is 2.74 bits per heavy atom. The van der Waals surface area contributed by atoms with Gasteiger partial charge in [0.15, 0.2) is 0 Å². The molecular formula is C14H13FN2OS. The van der Waals surface area contributed by atoms with Gasteiger partial charge in [-0.1, -0.05) is 12.1 Å². The second-order valence-electron chi connectivity index (χ2n) is 3.92. The van der Waals surface area contributed by atoms with Crippen molar-refractivity contribution in [1.29, 1.82) is 0 Å². The molecule has 5 heteroatoms. The molecule has 0 atom stereocenters. The minimum absolute atomic E-state index is 0.153. The quantitative estimate of drug-likeness (QED) is 0.666. The van der Waals surface area contributed by atoms with E-state index in [1.165, 1.54) is 23.9 Å². The van der Waals surface area contributed by atoms with Crippen molar-refractivity contribution in [2.75, 3.05) is 16.8 Å². The highest BCUT2D eigenvalue weighted by Crippen LogP contribution is 2.19. The number of hydrogen-bond acceptors (Lipinski definition) is 3. The summed E-state index contributed by atoms with van der Waals surface area (Å²) in [6.07, 6.45) is 0. The molecule has 0 aliphatic rings. The van der Waals surface area contributed by atoms with Crippen LogP contribution in [0.1, 0.15) is 0 Å². The summed E-state index contributed by atoms with van der Waals surface area (Å²) in [4.78, 5) is 12.4. The molecule has 0 spiro atoms. The van der Waals surface area contributed by atoms with E-state index < -0.39 is 0 Å². The van der Waals surface area contributed by atoms with E-state index in [-0.39, 0.29) is 17.5 Å². The summed E-state index contributed by atoms with van der Waals surface area (Å²) < 4.78 is 13.0. The molecule has 0 unspecified atom stereocenters. The van der Waals surface area contributed by atoms with Gasteiger partial charge in [-0.2, -0.15) is 0 Å². The van der Waals surface area contributed by atoms with Gasteiger partial charge < -0.3 is 11.1 Å². The van der Waals surface area contributed by atoms with E-state index in [0.29, 0.717) is 11.4 Å². The molecular weight excluding hydrogens is 263 g/mol. The first kappa shape index (κ1) is 13.4. The summed E-state index contributed by atoms with van der Waals surface area (Å²) in [5.74, 6) is -0.237. The van der Waals surface area contributed by atoms with Gasteiger partial charge in [0, 0.05) is 16.3 Å². The maximum Gasteiger partial charge on any atom is 0.234 e. The largest absolute Gasteiger partial charge is 0.399 e. The Bertz CT molecular complexity index is 589. The van der Waals surface area contributed by atoms with Gasteiger partial charge in [-0.25, -0.2) is 4.39 Å². The number of halogens is 1. The van der Waals surface area contributed by atoms with Gasteiger partial charge in [0.1, 0.15) is 5.82 Å². The summed E-state index contributed by atoms with van der Waals surface area (Å²) >= 11 is 1.28. The molecule has 0 aliphatic heterocycles. The smallest absolute Gasteiger partial charge is 0.234 e. The molecule has 3 N–H and O–H groups in total. The van der Waals surface area contributed by atoms with Crippen molar-refractivity contribution in [1.82, 2.24) is 0 Å². The maximum atomic E-state index is 13.0. The van der Waals surface area contributed by atoms with Gasteiger partial charge >= 0.3 is 0 Å². The van der Waals surface area contributed by atoms with E-state index in [4.69, 9.17) is 5.73 Å². The lowest BCUT2D eigenvalue weighted by molar-refractivity contribution is -0.113. The van der Waals surface area contributed by atoms with Gasteiger partial charge in [0.25, 0.3) is 0 Å². The van der Waals surface area contributed by atoms with Gasteiger partial charge in [0.05, 0.1) is 5.75 Å². The molecule has 2 rings (SSSR count). The van der Waals surface area contributed by atoms with Crippen LogP contribution in [0.2, 0.25) is 0 Å². The molecule has 98 valence electrons. The summed E-state index contributed by atoms with van der Waals surface area (Å²) in [5.41, 5.74) is 6.87. The lowest BCUT2D eigenvalue weighted by atomic mass is 10.3. The fourth-order valence-electron chi connectivity index (χ4n) is 1.52. The molecule has 0 saturated heterocycles. The molecule has 0 saturated carbocycles. The number of nitrogen functional groups attached to an aromatic ring is 1. The Labute approximate surface area is 115 Å². The number of thioether (sulfide) groups is 1. The van der Waals surface area contributed by atoms with Crippen molar-refractivity contribution in [2.45, 2.75) is 4.90 Å². The third-order valence-corrected chi connectivity index (χ3v) is 3.33. The van der Waals surface area contributed by atoms with Crippen LogP contribution in [0.3, 0.4) is 0 Å². The van der Waals surface area contributed by atoms with Crippen molar-refractivity contribution < 1.29 is 9.18 Å². The molecule has 2 aromatic rings. The first-order valence-electron chi connectivity index (χ1n) is 5.67. The fourth-order valence-corrected chi connectivity index (χ4v) is 2.26. The standard InChI is InChI=1S/C14H13FN2OS/c15-10-3-1-6-13(7-10)19-9-14(18)17-12-5-2-4-11(16)8-12/h1-8H,9,16H2,(H,17,18). The highest BCUT2D eigenvalue weighted by atomic mass is 32.2. The van der Waals surface area contributed by atoms with E-state index in [0.717, 1.165) is 4.90 Å². The van der Waals surface area contributed by atoms with E-state index in [1.807, 2.05) is 0 Å².